The number of benzene rings is 2. The second kappa shape index (κ2) is 12.3. The zero-order valence-corrected chi connectivity index (χ0v) is 24.8. The highest BCUT2D eigenvalue weighted by Crippen LogP contribution is 2.35. The molecule has 0 spiro atoms. The molecule has 3 aliphatic rings. The summed E-state index contributed by atoms with van der Waals surface area (Å²) in [6.45, 7) is 8.88. The van der Waals surface area contributed by atoms with E-state index < -0.39 is 0 Å². The topological polar surface area (TPSA) is 88.8 Å². The standard InChI is InChI=1S/C32H36ClN7O2/c1-3-30(41)40-16-15-39(17-23(40)12-13-34)31-27-19-38(18-26-25-9-5-4-7-22(25)10-11-28(26)33)20-29(27)35-32(36-31)42-21-24-8-6-14-37(24)2/h3-5,7,9-11,23-24H,1,6,8,12,14-21H2,2H3/t23-,24-/m0/s1. The number of amides is 1. The number of likely N-dealkylation sites (N-methyl/N-ethyl adjacent to an activating group) is 1. The molecule has 3 aromatic rings. The molecule has 0 N–H and O–H groups in total. The van der Waals surface area contributed by atoms with Crippen LogP contribution >= 0.6 is 11.6 Å². The number of carbonyl (C=O) groups is 1. The first-order valence-electron chi connectivity index (χ1n) is 14.6. The van der Waals surface area contributed by atoms with E-state index in [1.165, 1.54) is 12.5 Å². The minimum atomic E-state index is -0.247. The molecule has 42 heavy (non-hydrogen) atoms. The summed E-state index contributed by atoms with van der Waals surface area (Å²) in [7, 11) is 2.13. The number of carbonyl (C=O) groups excluding carboxylic acids is 1. The van der Waals surface area contributed by atoms with Crippen molar-refractivity contribution in [3.8, 4) is 12.1 Å². The average Bonchev–Trinajstić information content (AvgIpc) is 3.61. The van der Waals surface area contributed by atoms with Crippen molar-refractivity contribution in [3.63, 3.8) is 0 Å². The lowest BCUT2D eigenvalue weighted by atomic mass is 10.0. The van der Waals surface area contributed by atoms with Crippen LogP contribution in [-0.2, 0) is 24.4 Å². The van der Waals surface area contributed by atoms with Crippen molar-refractivity contribution in [1.29, 1.82) is 5.26 Å². The Bertz CT molecular complexity index is 1540. The number of hydrogen-bond acceptors (Lipinski definition) is 8. The van der Waals surface area contributed by atoms with Crippen LogP contribution < -0.4 is 9.64 Å². The maximum atomic E-state index is 12.5. The summed E-state index contributed by atoms with van der Waals surface area (Å²) < 4.78 is 6.24. The van der Waals surface area contributed by atoms with Gasteiger partial charge >= 0.3 is 6.01 Å². The highest BCUT2D eigenvalue weighted by atomic mass is 35.5. The maximum absolute atomic E-state index is 12.5. The molecule has 2 saturated heterocycles. The number of hydrogen-bond donors (Lipinski definition) is 0. The Balaban J connectivity index is 1.29. The van der Waals surface area contributed by atoms with Crippen LogP contribution in [-0.4, -0.2) is 82.5 Å². The van der Waals surface area contributed by atoms with E-state index in [4.69, 9.17) is 26.3 Å². The lowest BCUT2D eigenvalue weighted by Crippen LogP contribution is -2.55. The Morgan fingerprint density at radius 2 is 2.02 bits per heavy atom. The third kappa shape index (κ3) is 5.67. The number of halogens is 1. The SMILES string of the molecule is C=CC(=O)N1CCN(c2nc(OC[C@@H]3CCCN3C)nc3c2CN(Cc2c(Cl)ccc4ccccc24)C3)C[C@@H]1CC#N. The molecule has 9 nitrogen and oxygen atoms in total. The summed E-state index contributed by atoms with van der Waals surface area (Å²) in [5.74, 6) is 0.681. The Kier molecular flexibility index (Phi) is 8.29. The molecule has 0 unspecified atom stereocenters. The van der Waals surface area contributed by atoms with Crippen molar-refractivity contribution >= 4 is 34.1 Å². The molecule has 6 rings (SSSR count). The first kappa shape index (κ1) is 28.4. The number of likely N-dealkylation sites (tertiary alicyclic amines) is 1. The highest BCUT2D eigenvalue weighted by molar-refractivity contribution is 6.32. The summed E-state index contributed by atoms with van der Waals surface area (Å²) in [6, 6.07) is 15.1. The fraction of sp³-hybridized carbons (Fsp3) is 0.438. The molecule has 218 valence electrons. The van der Waals surface area contributed by atoms with E-state index in [0.717, 1.165) is 51.4 Å². The molecule has 1 amide bonds. The smallest absolute Gasteiger partial charge is 0.318 e. The van der Waals surface area contributed by atoms with Gasteiger partial charge < -0.3 is 19.4 Å². The van der Waals surface area contributed by atoms with Gasteiger partial charge in [-0.25, -0.2) is 0 Å². The van der Waals surface area contributed by atoms with Crippen molar-refractivity contribution in [3.05, 3.63) is 70.9 Å². The quantitative estimate of drug-likeness (QED) is 0.360. The minimum Gasteiger partial charge on any atom is -0.462 e. The maximum Gasteiger partial charge on any atom is 0.318 e. The molecule has 4 heterocycles. The van der Waals surface area contributed by atoms with E-state index in [-0.39, 0.29) is 18.4 Å². The summed E-state index contributed by atoms with van der Waals surface area (Å²) in [5, 5.41) is 12.6. The van der Waals surface area contributed by atoms with Gasteiger partial charge in [0, 0.05) is 55.9 Å². The Hall–Kier alpha value is -3.71. The molecule has 2 aromatic carbocycles. The molecular weight excluding hydrogens is 550 g/mol. The predicted molar refractivity (Wildman–Crippen MR) is 163 cm³/mol. The van der Waals surface area contributed by atoms with E-state index in [2.05, 4.69) is 52.6 Å². The lowest BCUT2D eigenvalue weighted by Gasteiger charge is -2.41. The number of fused-ring (bicyclic) bond motifs is 2. The number of rotatable bonds is 8. The first-order chi connectivity index (χ1) is 20.4. The van der Waals surface area contributed by atoms with Gasteiger partial charge in [0.15, 0.2) is 0 Å². The summed E-state index contributed by atoms with van der Waals surface area (Å²) in [4.78, 5) is 31.0. The van der Waals surface area contributed by atoms with Gasteiger partial charge in [-0.3, -0.25) is 9.69 Å². The Morgan fingerprint density at radius 1 is 1.17 bits per heavy atom. The number of nitrogens with zero attached hydrogens (tertiary/aromatic N) is 7. The van der Waals surface area contributed by atoms with Crippen LogP contribution in [0.4, 0.5) is 5.82 Å². The average molecular weight is 586 g/mol. The van der Waals surface area contributed by atoms with Crippen LogP contribution in [0.2, 0.25) is 5.02 Å². The predicted octanol–water partition coefficient (Wildman–Crippen LogP) is 4.39. The summed E-state index contributed by atoms with van der Waals surface area (Å²) in [6.07, 6.45) is 3.83. The van der Waals surface area contributed by atoms with Gasteiger partial charge in [-0.15, -0.1) is 0 Å². The van der Waals surface area contributed by atoms with Gasteiger partial charge in [0.25, 0.3) is 0 Å². The Morgan fingerprint density at radius 3 is 2.81 bits per heavy atom. The van der Waals surface area contributed by atoms with Crippen molar-refractivity contribution in [2.75, 3.05) is 44.7 Å². The Labute approximate surface area is 251 Å². The van der Waals surface area contributed by atoms with Gasteiger partial charge in [-0.2, -0.15) is 15.2 Å². The zero-order valence-electron chi connectivity index (χ0n) is 24.0. The molecule has 0 saturated carbocycles. The number of ether oxygens (including phenoxy) is 1. The van der Waals surface area contributed by atoms with Gasteiger partial charge in [0.2, 0.25) is 5.91 Å². The van der Waals surface area contributed by atoms with E-state index in [9.17, 15) is 10.1 Å². The minimum absolute atomic E-state index is 0.148. The van der Waals surface area contributed by atoms with Crippen molar-refractivity contribution in [2.24, 2.45) is 0 Å². The molecule has 3 aliphatic heterocycles. The third-order valence-corrected chi connectivity index (χ3v) is 9.17. The molecule has 2 atom stereocenters. The van der Waals surface area contributed by atoms with E-state index in [1.807, 2.05) is 18.2 Å². The fourth-order valence-corrected chi connectivity index (χ4v) is 6.73. The largest absolute Gasteiger partial charge is 0.462 e. The van der Waals surface area contributed by atoms with Crippen LogP contribution in [0.5, 0.6) is 6.01 Å². The monoisotopic (exact) mass is 585 g/mol. The molecule has 0 aliphatic carbocycles. The molecule has 0 bridgehead atoms. The van der Waals surface area contributed by atoms with Crippen LogP contribution in [0.1, 0.15) is 36.1 Å². The lowest BCUT2D eigenvalue weighted by molar-refractivity contribution is -0.128. The number of piperazine rings is 1. The van der Waals surface area contributed by atoms with Gasteiger partial charge in [-0.05, 0) is 54.9 Å². The third-order valence-electron chi connectivity index (χ3n) is 8.81. The molecule has 10 heteroatoms. The van der Waals surface area contributed by atoms with Gasteiger partial charge in [-0.1, -0.05) is 48.5 Å². The van der Waals surface area contributed by atoms with E-state index >= 15 is 0 Å². The van der Waals surface area contributed by atoms with Crippen molar-refractivity contribution in [2.45, 2.75) is 51.0 Å². The summed E-state index contributed by atoms with van der Waals surface area (Å²) >= 11 is 6.73. The molecule has 1 aromatic heterocycles. The van der Waals surface area contributed by atoms with E-state index in [1.54, 1.807) is 4.90 Å². The summed E-state index contributed by atoms with van der Waals surface area (Å²) in [5.41, 5.74) is 3.12. The van der Waals surface area contributed by atoms with Crippen molar-refractivity contribution in [1.82, 2.24) is 24.7 Å². The number of aromatic nitrogens is 2. The van der Waals surface area contributed by atoms with Crippen molar-refractivity contribution < 1.29 is 9.53 Å². The fourth-order valence-electron chi connectivity index (χ4n) is 6.51. The normalized spacial score (nSPS) is 21.0. The van der Waals surface area contributed by atoms with Gasteiger partial charge in [0.1, 0.15) is 12.4 Å². The zero-order chi connectivity index (χ0) is 29.2. The highest BCUT2D eigenvalue weighted by Gasteiger charge is 2.34. The van der Waals surface area contributed by atoms with E-state index in [0.29, 0.717) is 57.9 Å². The van der Waals surface area contributed by atoms with Crippen LogP contribution in [0.15, 0.2) is 49.1 Å². The van der Waals surface area contributed by atoms with Crippen LogP contribution in [0.25, 0.3) is 10.8 Å². The number of nitriles is 1. The molecular formula is C32H36ClN7O2. The second-order valence-electron chi connectivity index (χ2n) is 11.4. The van der Waals surface area contributed by atoms with Gasteiger partial charge in [0.05, 0.1) is 24.2 Å². The molecule has 0 radical (unpaired) electrons. The second-order valence-corrected chi connectivity index (χ2v) is 11.8. The number of anilines is 1. The van der Waals surface area contributed by atoms with Crippen LogP contribution in [0, 0.1) is 11.3 Å². The first-order valence-corrected chi connectivity index (χ1v) is 15.0. The molecule has 2 fully saturated rings. The van der Waals surface area contributed by atoms with Crippen LogP contribution in [0.3, 0.4) is 0 Å².